The maximum absolute atomic E-state index is 2.37. The standard InChI is InChI=1S/C27H26N.C26H32N.C25H30N.C22H24N/c1-19-10-8-9-13-24(19)27-20(2)14-15-25(21(27)3)26-18-23(16-17-28(26)4)22-11-6-5-7-12-22;1-18-10-8-9-11-22(18)25-19(2)12-13-23(20(25)3)24-16-21(14-15-27(24)7)17-26(4,5)6;1-16(2)23-14-24(26(7)15-19(23)5)22-13-12-18(4)25(20(22)6)21-11-9-8-10-17(21)3;1-15-12-13-23(5)21(14-15)20-11-10-17(3)22(18(20)4)19-9-7-6-8-16(19)2/h5-18H,1-4H3;8-16H,17H2,1-7H3;8-16H,1-7H3;6-14H,1-5H3/q4*+1. The van der Waals surface area contributed by atoms with Crippen molar-refractivity contribution < 1.29 is 18.3 Å². The van der Waals surface area contributed by atoms with Gasteiger partial charge in [-0.25, -0.2) is 18.3 Å². The van der Waals surface area contributed by atoms with Gasteiger partial charge in [0.1, 0.15) is 28.2 Å². The summed E-state index contributed by atoms with van der Waals surface area (Å²) in [5, 5.41) is 0. The number of benzene rings is 9. The van der Waals surface area contributed by atoms with E-state index in [2.05, 4.69) is 421 Å². The molecule has 0 atom stereocenters. The SMILES string of the molecule is Cc1cc[n+](C)c(-c2ccc(C)c(-c3ccccc3C)c2C)c1.Cc1ccccc1-c1c(C)ccc(-c2cc(-c3ccccc3)cc[n+]2C)c1C.Cc1ccccc1-c1c(C)ccc(-c2cc(C(C)C)c(C)c[n+]2C)c1C.Cc1ccccc1-c1c(C)ccc(-c2cc(CC(C)(C)C)cc[n+]2C)c1C. The number of rotatable bonds is 11. The Morgan fingerprint density at radius 2 is 0.606 bits per heavy atom. The van der Waals surface area contributed by atoms with Crippen molar-refractivity contribution >= 4 is 0 Å². The van der Waals surface area contributed by atoms with Crippen LogP contribution in [0.25, 0.3) is 101 Å². The normalized spacial score (nSPS) is 11.2. The van der Waals surface area contributed by atoms with Crippen molar-refractivity contribution in [1.29, 1.82) is 0 Å². The molecule has 0 spiro atoms. The molecule has 4 aromatic heterocycles. The maximum atomic E-state index is 2.37. The second-order valence-corrected chi connectivity index (χ2v) is 30.8. The summed E-state index contributed by atoms with van der Waals surface area (Å²) in [6.45, 7) is 42.4. The lowest BCUT2D eigenvalue weighted by Crippen LogP contribution is -2.32. The lowest BCUT2D eigenvalue weighted by molar-refractivity contribution is -0.660. The zero-order valence-corrected chi connectivity index (χ0v) is 66.7. The number of hydrogen-bond acceptors (Lipinski definition) is 0. The van der Waals surface area contributed by atoms with Crippen LogP contribution in [0.2, 0.25) is 0 Å². The molecule has 4 heterocycles. The molecule has 0 N–H and O–H groups in total. The highest BCUT2D eigenvalue weighted by Gasteiger charge is 2.25. The third-order valence-electron chi connectivity index (χ3n) is 21.1. The van der Waals surface area contributed by atoms with Gasteiger partial charge in [0.25, 0.3) is 0 Å². The number of nitrogens with zero attached hydrogens (tertiary/aromatic N) is 4. The second-order valence-electron chi connectivity index (χ2n) is 30.8. The Hall–Kier alpha value is -10.4. The van der Waals surface area contributed by atoms with Crippen LogP contribution in [0.5, 0.6) is 0 Å². The van der Waals surface area contributed by atoms with Crippen LogP contribution >= 0.6 is 0 Å². The van der Waals surface area contributed by atoms with Gasteiger partial charge in [0, 0.05) is 70.3 Å². The van der Waals surface area contributed by atoms with Crippen LogP contribution in [0.1, 0.15) is 130 Å². The van der Waals surface area contributed by atoms with Gasteiger partial charge < -0.3 is 0 Å². The Morgan fingerprint density at radius 1 is 0.279 bits per heavy atom. The third kappa shape index (κ3) is 17.1. The Balaban J connectivity index is 0.000000149. The largest absolute Gasteiger partial charge is 0.213 e. The summed E-state index contributed by atoms with van der Waals surface area (Å²) in [5.41, 5.74) is 45.3. The zero-order chi connectivity index (χ0) is 75.0. The van der Waals surface area contributed by atoms with Crippen molar-refractivity contribution in [3.05, 3.63) is 332 Å². The molecule has 13 aromatic rings. The molecule has 4 nitrogen and oxygen atoms in total. The Morgan fingerprint density at radius 3 is 0.971 bits per heavy atom. The lowest BCUT2D eigenvalue weighted by Gasteiger charge is -2.19. The van der Waals surface area contributed by atoms with Gasteiger partial charge in [0.2, 0.25) is 22.8 Å². The summed E-state index contributed by atoms with van der Waals surface area (Å²) in [6, 6.07) is 79.2. The highest BCUT2D eigenvalue weighted by molar-refractivity contribution is 5.85. The van der Waals surface area contributed by atoms with Crippen molar-refractivity contribution in [2.24, 2.45) is 33.6 Å². The first kappa shape index (κ1) is 76.2. The summed E-state index contributed by atoms with van der Waals surface area (Å²) in [5.74, 6) is 0.525. The van der Waals surface area contributed by atoms with Gasteiger partial charge in [0.15, 0.2) is 24.8 Å². The average molecular weight is 1370 g/mol. The molecule has 104 heavy (non-hydrogen) atoms. The first-order valence-electron chi connectivity index (χ1n) is 37.2. The van der Waals surface area contributed by atoms with Crippen molar-refractivity contribution in [2.75, 3.05) is 0 Å². The number of aromatic nitrogens is 4. The zero-order valence-electron chi connectivity index (χ0n) is 66.7. The van der Waals surface area contributed by atoms with E-state index in [1.807, 2.05) is 0 Å². The average Bonchev–Trinajstić information content (AvgIpc) is 0.792. The van der Waals surface area contributed by atoms with Gasteiger partial charge in [-0.2, -0.15) is 0 Å². The fourth-order valence-electron chi connectivity index (χ4n) is 15.5. The van der Waals surface area contributed by atoms with Gasteiger partial charge in [-0.05, 0) is 278 Å². The van der Waals surface area contributed by atoms with Crippen LogP contribution in [0, 0.1) is 102 Å². The molecule has 0 aliphatic carbocycles. The van der Waals surface area contributed by atoms with Crippen LogP contribution in [0.4, 0.5) is 0 Å². The predicted octanol–water partition coefficient (Wildman–Crippen LogP) is 24.1. The minimum absolute atomic E-state index is 0.284. The van der Waals surface area contributed by atoms with Crippen LogP contribution < -0.4 is 18.3 Å². The van der Waals surface area contributed by atoms with Crippen molar-refractivity contribution in [3.63, 3.8) is 0 Å². The predicted molar refractivity (Wildman–Crippen MR) is 443 cm³/mol. The van der Waals surface area contributed by atoms with Crippen molar-refractivity contribution in [2.45, 2.75) is 144 Å². The van der Waals surface area contributed by atoms with E-state index >= 15 is 0 Å². The molecule has 0 radical (unpaired) electrons. The van der Waals surface area contributed by atoms with E-state index in [4.69, 9.17) is 0 Å². The van der Waals surface area contributed by atoms with E-state index in [1.54, 1.807) is 0 Å². The highest BCUT2D eigenvalue weighted by atomic mass is 14.9. The molecule has 4 heteroatoms. The van der Waals surface area contributed by atoms with Crippen LogP contribution in [0.15, 0.2) is 243 Å². The number of pyridine rings is 4. The molecule has 0 saturated carbocycles. The van der Waals surface area contributed by atoms with Crippen LogP contribution in [-0.4, -0.2) is 0 Å². The summed E-state index contributed by atoms with van der Waals surface area (Å²) in [7, 11) is 8.53. The molecule has 0 fully saturated rings. The van der Waals surface area contributed by atoms with Gasteiger partial charge in [-0.3, -0.25) is 0 Å². The van der Waals surface area contributed by atoms with E-state index in [-0.39, 0.29) is 5.41 Å². The molecular weight excluding hydrogens is 1260 g/mol. The first-order chi connectivity index (χ1) is 49.5. The first-order valence-corrected chi connectivity index (χ1v) is 37.2. The molecule has 0 amide bonds. The fraction of sp³-hybridized carbons (Fsp3) is 0.260. The van der Waals surface area contributed by atoms with Crippen molar-refractivity contribution in [3.8, 4) is 101 Å². The quantitative estimate of drug-likeness (QED) is 0.115. The summed E-state index contributed by atoms with van der Waals surface area (Å²) < 4.78 is 8.92. The Labute approximate surface area is 624 Å². The van der Waals surface area contributed by atoms with Crippen molar-refractivity contribution in [1.82, 2.24) is 0 Å². The summed E-state index contributed by atoms with van der Waals surface area (Å²) >= 11 is 0. The molecule has 0 saturated heterocycles. The maximum Gasteiger partial charge on any atom is 0.213 e. The van der Waals surface area contributed by atoms with Gasteiger partial charge in [-0.1, -0.05) is 186 Å². The van der Waals surface area contributed by atoms with Gasteiger partial charge in [-0.15, -0.1) is 0 Å². The molecule has 0 bridgehead atoms. The van der Waals surface area contributed by atoms with E-state index < -0.39 is 0 Å². The Kier molecular flexibility index (Phi) is 24.1. The van der Waals surface area contributed by atoms with Crippen LogP contribution in [-0.2, 0) is 34.6 Å². The van der Waals surface area contributed by atoms with E-state index in [0.29, 0.717) is 5.92 Å². The molecule has 9 aromatic carbocycles. The van der Waals surface area contributed by atoms with E-state index in [1.165, 1.54) is 190 Å². The van der Waals surface area contributed by atoms with E-state index in [0.717, 1.165) is 6.42 Å². The molecule has 0 unspecified atom stereocenters. The fourth-order valence-corrected chi connectivity index (χ4v) is 15.5. The third-order valence-corrected chi connectivity index (χ3v) is 21.1. The topological polar surface area (TPSA) is 15.5 Å². The monoisotopic (exact) mass is 1370 g/mol. The van der Waals surface area contributed by atoms with E-state index in [9.17, 15) is 0 Å². The summed E-state index contributed by atoms with van der Waals surface area (Å²) in [4.78, 5) is 0. The molecule has 0 aliphatic rings. The molecule has 528 valence electrons. The minimum atomic E-state index is 0.284. The smallest absolute Gasteiger partial charge is 0.201 e. The highest BCUT2D eigenvalue weighted by Crippen LogP contribution is 2.41. The summed E-state index contributed by atoms with van der Waals surface area (Å²) in [6.07, 6.45) is 9.83. The Bertz CT molecular complexity index is 5270. The van der Waals surface area contributed by atoms with Crippen LogP contribution in [0.3, 0.4) is 0 Å². The number of aryl methyl sites for hydroxylation is 14. The number of hydrogen-bond donors (Lipinski definition) is 0. The molecular formula is C100H112N4+4. The second kappa shape index (κ2) is 32.9. The minimum Gasteiger partial charge on any atom is -0.201 e. The molecule has 13 rings (SSSR count). The molecule has 0 aliphatic heterocycles. The van der Waals surface area contributed by atoms with Gasteiger partial charge in [0.05, 0.1) is 0 Å². The van der Waals surface area contributed by atoms with Gasteiger partial charge >= 0.3 is 0 Å². The lowest BCUT2D eigenvalue weighted by atomic mass is 9.86.